The van der Waals surface area contributed by atoms with Crippen molar-refractivity contribution in [1.82, 2.24) is 14.5 Å². The normalized spacial score (nSPS) is 15.3. The fraction of sp³-hybridized carbons (Fsp3) is 0.636. The van der Waals surface area contributed by atoms with E-state index in [0.717, 1.165) is 24.0 Å². The molecule has 1 heterocycles. The van der Waals surface area contributed by atoms with Crippen LogP contribution < -0.4 is 11.2 Å². The highest BCUT2D eigenvalue weighted by Gasteiger charge is 2.27. The van der Waals surface area contributed by atoms with Crippen LogP contribution in [0.4, 0.5) is 4.39 Å². The van der Waals surface area contributed by atoms with Crippen LogP contribution in [0.2, 0.25) is 5.15 Å². The van der Waals surface area contributed by atoms with Gasteiger partial charge in [-0.2, -0.15) is 4.39 Å². The zero-order valence-electron chi connectivity index (χ0n) is 10.1. The van der Waals surface area contributed by atoms with Crippen molar-refractivity contribution in [2.24, 2.45) is 0 Å². The van der Waals surface area contributed by atoms with Crippen LogP contribution in [0.25, 0.3) is 0 Å². The average molecular weight is 276 g/mol. The smallest absolute Gasteiger partial charge is 0.299 e. The van der Waals surface area contributed by atoms with E-state index in [1.54, 1.807) is 0 Å². The largest absolute Gasteiger partial charge is 0.329 e. The van der Waals surface area contributed by atoms with Crippen LogP contribution in [0.15, 0.2) is 9.59 Å². The van der Waals surface area contributed by atoms with Crippen molar-refractivity contribution in [3.63, 3.8) is 0 Å². The molecule has 7 heteroatoms. The number of nitrogens with zero attached hydrogens (tertiary/aromatic N) is 2. The summed E-state index contributed by atoms with van der Waals surface area (Å²) in [5.74, 6) is -1.11. The minimum atomic E-state index is -1.11. The Labute approximate surface area is 108 Å². The molecule has 1 aliphatic carbocycles. The molecule has 0 amide bonds. The summed E-state index contributed by atoms with van der Waals surface area (Å²) < 4.78 is 14.2. The highest BCUT2D eigenvalue weighted by Crippen LogP contribution is 2.26. The van der Waals surface area contributed by atoms with Crippen LogP contribution in [-0.2, 0) is 6.54 Å². The summed E-state index contributed by atoms with van der Waals surface area (Å²) in [5.41, 5.74) is -1.63. The SMILES string of the molecule is CCN(CCn1c(=O)[nH]c(Cl)c(F)c1=O)C1CC1. The van der Waals surface area contributed by atoms with Crippen LogP contribution in [0.1, 0.15) is 19.8 Å². The number of nitrogens with one attached hydrogen (secondary N) is 1. The van der Waals surface area contributed by atoms with E-state index in [0.29, 0.717) is 12.6 Å². The van der Waals surface area contributed by atoms with Crippen molar-refractivity contribution in [2.45, 2.75) is 32.4 Å². The van der Waals surface area contributed by atoms with Crippen molar-refractivity contribution < 1.29 is 4.39 Å². The number of rotatable bonds is 5. The number of likely N-dealkylation sites (N-methyl/N-ethyl adjacent to an activating group) is 1. The van der Waals surface area contributed by atoms with Crippen molar-refractivity contribution in [1.29, 1.82) is 0 Å². The Hall–Kier alpha value is -1.14. The molecule has 0 bridgehead atoms. The van der Waals surface area contributed by atoms with Crippen LogP contribution in [0, 0.1) is 5.82 Å². The fourth-order valence-electron chi connectivity index (χ4n) is 1.99. The standard InChI is InChI=1S/C11H15ClFN3O2/c1-2-15(7-3-4-7)5-6-16-10(17)8(13)9(12)14-11(16)18/h7H,2-6H2,1H3,(H,14,18). The molecule has 1 aromatic heterocycles. The van der Waals surface area contributed by atoms with Gasteiger partial charge in [-0.3, -0.25) is 19.2 Å². The number of aromatic nitrogens is 2. The van der Waals surface area contributed by atoms with E-state index < -0.39 is 22.2 Å². The number of halogens is 2. The third kappa shape index (κ3) is 2.64. The Morgan fingerprint density at radius 2 is 2.17 bits per heavy atom. The van der Waals surface area contributed by atoms with Gasteiger partial charge in [-0.25, -0.2) is 4.79 Å². The van der Waals surface area contributed by atoms with Gasteiger partial charge in [0.25, 0.3) is 5.56 Å². The van der Waals surface area contributed by atoms with Gasteiger partial charge >= 0.3 is 5.69 Å². The molecule has 0 spiro atoms. The summed E-state index contributed by atoms with van der Waals surface area (Å²) in [6.45, 7) is 3.61. The van der Waals surface area contributed by atoms with Gasteiger partial charge in [-0.05, 0) is 19.4 Å². The van der Waals surface area contributed by atoms with Crippen LogP contribution in [-0.4, -0.2) is 33.6 Å². The lowest BCUT2D eigenvalue weighted by molar-refractivity contribution is 0.262. The summed E-state index contributed by atoms with van der Waals surface area (Å²) in [4.78, 5) is 27.4. The van der Waals surface area contributed by atoms with Crippen LogP contribution in [0.5, 0.6) is 0 Å². The first-order chi connectivity index (χ1) is 8.54. The summed E-state index contributed by atoms with van der Waals surface area (Å²) in [5, 5.41) is -0.532. The third-order valence-electron chi connectivity index (χ3n) is 3.17. The lowest BCUT2D eigenvalue weighted by atomic mass is 10.4. The van der Waals surface area contributed by atoms with Gasteiger partial charge in [-0.1, -0.05) is 18.5 Å². The topological polar surface area (TPSA) is 58.1 Å². The molecule has 0 saturated heterocycles. The molecule has 1 aromatic rings. The van der Waals surface area contributed by atoms with Crippen molar-refractivity contribution in [3.05, 3.63) is 31.8 Å². The lowest BCUT2D eigenvalue weighted by Gasteiger charge is -2.19. The predicted octanol–water partition coefficient (Wildman–Crippen LogP) is 0.813. The maximum atomic E-state index is 13.3. The van der Waals surface area contributed by atoms with Gasteiger partial charge in [0.1, 0.15) is 0 Å². The third-order valence-corrected chi connectivity index (χ3v) is 3.43. The molecule has 1 fully saturated rings. The number of H-pyrrole nitrogens is 1. The molecule has 100 valence electrons. The summed E-state index contributed by atoms with van der Waals surface area (Å²) >= 11 is 5.39. The number of aromatic amines is 1. The fourth-order valence-corrected chi connectivity index (χ4v) is 2.15. The second-order valence-corrected chi connectivity index (χ2v) is 4.75. The minimum Gasteiger partial charge on any atom is -0.299 e. The van der Waals surface area contributed by atoms with Gasteiger partial charge in [0.2, 0.25) is 5.82 Å². The van der Waals surface area contributed by atoms with E-state index in [1.807, 2.05) is 6.92 Å². The van der Waals surface area contributed by atoms with E-state index in [2.05, 4.69) is 9.88 Å². The maximum absolute atomic E-state index is 13.3. The molecule has 0 unspecified atom stereocenters. The van der Waals surface area contributed by atoms with E-state index in [9.17, 15) is 14.0 Å². The Bertz CT molecular complexity index is 550. The second kappa shape index (κ2) is 5.24. The molecule has 0 aliphatic heterocycles. The maximum Gasteiger partial charge on any atom is 0.329 e. The molecule has 1 saturated carbocycles. The van der Waals surface area contributed by atoms with Crippen LogP contribution in [0.3, 0.4) is 0 Å². The predicted molar refractivity (Wildman–Crippen MR) is 66.6 cm³/mol. The quantitative estimate of drug-likeness (QED) is 0.809. The van der Waals surface area contributed by atoms with Gasteiger partial charge in [0.05, 0.1) is 0 Å². The first kappa shape index (κ1) is 13.3. The Kier molecular flexibility index (Phi) is 3.87. The second-order valence-electron chi connectivity index (χ2n) is 4.37. The number of hydrogen-bond acceptors (Lipinski definition) is 3. The molecule has 0 atom stereocenters. The van der Waals surface area contributed by atoms with E-state index in [-0.39, 0.29) is 6.54 Å². The minimum absolute atomic E-state index is 0.173. The van der Waals surface area contributed by atoms with E-state index in [1.165, 1.54) is 0 Å². The summed E-state index contributed by atoms with van der Waals surface area (Å²) in [7, 11) is 0. The van der Waals surface area contributed by atoms with E-state index >= 15 is 0 Å². The zero-order valence-corrected chi connectivity index (χ0v) is 10.8. The van der Waals surface area contributed by atoms with Gasteiger partial charge in [-0.15, -0.1) is 0 Å². The molecule has 0 aromatic carbocycles. The molecular weight excluding hydrogens is 261 g/mol. The molecule has 2 rings (SSSR count). The van der Waals surface area contributed by atoms with E-state index in [4.69, 9.17) is 11.6 Å². The average Bonchev–Trinajstić information content (AvgIpc) is 3.15. The Morgan fingerprint density at radius 3 is 2.72 bits per heavy atom. The monoisotopic (exact) mass is 275 g/mol. The summed E-state index contributed by atoms with van der Waals surface area (Å²) in [6, 6.07) is 0.543. The molecule has 1 aliphatic rings. The first-order valence-corrected chi connectivity index (χ1v) is 6.34. The molecular formula is C11H15ClFN3O2. The molecule has 0 radical (unpaired) electrons. The van der Waals surface area contributed by atoms with Gasteiger partial charge in [0, 0.05) is 19.1 Å². The Balaban J connectivity index is 2.16. The molecule has 5 nitrogen and oxygen atoms in total. The molecule has 1 N–H and O–H groups in total. The van der Waals surface area contributed by atoms with Gasteiger partial charge < -0.3 is 0 Å². The van der Waals surface area contributed by atoms with Crippen LogP contribution >= 0.6 is 11.6 Å². The highest BCUT2D eigenvalue weighted by molar-refractivity contribution is 6.29. The summed E-state index contributed by atoms with van der Waals surface area (Å²) in [6.07, 6.45) is 2.29. The zero-order chi connectivity index (χ0) is 13.3. The lowest BCUT2D eigenvalue weighted by Crippen LogP contribution is -2.41. The van der Waals surface area contributed by atoms with Crippen molar-refractivity contribution in [2.75, 3.05) is 13.1 Å². The van der Waals surface area contributed by atoms with Crippen molar-refractivity contribution >= 4 is 11.6 Å². The van der Waals surface area contributed by atoms with Gasteiger partial charge in [0.15, 0.2) is 5.15 Å². The first-order valence-electron chi connectivity index (χ1n) is 5.96. The number of hydrogen-bond donors (Lipinski definition) is 1. The highest BCUT2D eigenvalue weighted by atomic mass is 35.5. The molecule has 18 heavy (non-hydrogen) atoms. The van der Waals surface area contributed by atoms with Crippen molar-refractivity contribution in [3.8, 4) is 0 Å². The Morgan fingerprint density at radius 1 is 1.50 bits per heavy atom.